The average Bonchev–Trinajstić information content (AvgIpc) is 2.46. The summed E-state index contributed by atoms with van der Waals surface area (Å²) in [5, 5.41) is 0. The minimum absolute atomic E-state index is 0.612. The van der Waals surface area contributed by atoms with Gasteiger partial charge in [0.05, 0.1) is 0 Å². The zero-order valence-corrected chi connectivity index (χ0v) is 11.1. The van der Waals surface area contributed by atoms with E-state index >= 15 is 0 Å². The lowest BCUT2D eigenvalue weighted by molar-refractivity contribution is 0.740. The van der Waals surface area contributed by atoms with Crippen LogP contribution in [-0.4, -0.2) is 0 Å². The van der Waals surface area contributed by atoms with Crippen molar-refractivity contribution >= 4 is 11.8 Å². The summed E-state index contributed by atoms with van der Waals surface area (Å²) in [5.41, 5.74) is 4.35. The number of benzene rings is 2. The van der Waals surface area contributed by atoms with E-state index in [1.54, 1.807) is 0 Å². The van der Waals surface area contributed by atoms with Crippen LogP contribution in [0.5, 0.6) is 0 Å². The van der Waals surface area contributed by atoms with Gasteiger partial charge in [0.1, 0.15) is 0 Å². The molecular weight excluding hydrogens is 224 g/mol. The molecule has 0 spiro atoms. The summed E-state index contributed by atoms with van der Waals surface area (Å²) >= 11 is 1.92. The van der Waals surface area contributed by atoms with Gasteiger partial charge in [-0.2, -0.15) is 0 Å². The fourth-order valence-corrected chi connectivity index (χ4v) is 3.66. The number of rotatable bonds is 0. The van der Waals surface area contributed by atoms with Gasteiger partial charge in [-0.25, -0.2) is 0 Å². The smallest absolute Gasteiger partial charge is 0.0157 e. The van der Waals surface area contributed by atoms with E-state index in [0.717, 1.165) is 6.42 Å². The predicted molar refractivity (Wildman–Crippen MR) is 73.9 cm³/mol. The molecule has 1 unspecified atom stereocenters. The Morgan fingerprint density at radius 1 is 1.06 bits per heavy atom. The van der Waals surface area contributed by atoms with Gasteiger partial charge in [0.25, 0.3) is 0 Å². The van der Waals surface area contributed by atoms with E-state index in [9.17, 15) is 0 Å². The van der Waals surface area contributed by atoms with E-state index in [-0.39, 0.29) is 0 Å². The van der Waals surface area contributed by atoms with Crippen LogP contribution >= 0.6 is 11.8 Å². The number of fused-ring (bicyclic) bond motifs is 2. The first kappa shape index (κ1) is 10.9. The highest BCUT2D eigenvalue weighted by atomic mass is 32.2. The number of hydrogen-bond donors (Lipinski definition) is 0. The quantitative estimate of drug-likeness (QED) is 0.637. The predicted octanol–water partition coefficient (Wildman–Crippen LogP) is 4.81. The van der Waals surface area contributed by atoms with Crippen LogP contribution in [0.25, 0.3) is 0 Å². The van der Waals surface area contributed by atoms with Crippen molar-refractivity contribution in [3.05, 3.63) is 59.2 Å². The molecule has 3 rings (SSSR count). The Morgan fingerprint density at radius 3 is 2.76 bits per heavy atom. The summed E-state index contributed by atoms with van der Waals surface area (Å²) in [5.74, 6) is 0.612. The molecule has 2 aromatic rings. The second-order valence-electron chi connectivity index (χ2n) is 4.86. The molecule has 0 saturated heterocycles. The second-order valence-corrected chi connectivity index (χ2v) is 5.94. The van der Waals surface area contributed by atoms with Gasteiger partial charge < -0.3 is 0 Å². The number of hydrogen-bond acceptors (Lipinski definition) is 1. The van der Waals surface area contributed by atoms with Gasteiger partial charge in [0, 0.05) is 9.79 Å². The lowest BCUT2D eigenvalue weighted by atomic mass is 9.93. The Bertz CT molecular complexity index is 557. The molecular formula is C16H16S. The number of aryl methyl sites for hydroxylation is 1. The molecule has 86 valence electrons. The van der Waals surface area contributed by atoms with Crippen LogP contribution < -0.4 is 0 Å². The summed E-state index contributed by atoms with van der Waals surface area (Å²) in [6.45, 7) is 4.51. The van der Waals surface area contributed by atoms with Gasteiger partial charge >= 0.3 is 0 Å². The molecule has 1 atom stereocenters. The van der Waals surface area contributed by atoms with Crippen molar-refractivity contribution in [1.29, 1.82) is 0 Å². The van der Waals surface area contributed by atoms with Crippen molar-refractivity contribution in [2.45, 2.75) is 36.0 Å². The first-order chi connectivity index (χ1) is 8.24. The fourth-order valence-electron chi connectivity index (χ4n) is 2.48. The SMILES string of the molecule is Cc1ccc2c(c1)C(C)Cc1ccccc1S2. The van der Waals surface area contributed by atoms with Crippen molar-refractivity contribution in [3.8, 4) is 0 Å². The van der Waals surface area contributed by atoms with E-state index < -0.39 is 0 Å². The van der Waals surface area contributed by atoms with Crippen LogP contribution in [-0.2, 0) is 6.42 Å². The van der Waals surface area contributed by atoms with Crippen molar-refractivity contribution in [3.63, 3.8) is 0 Å². The fraction of sp³-hybridized carbons (Fsp3) is 0.250. The van der Waals surface area contributed by atoms with E-state index in [2.05, 4.69) is 56.3 Å². The van der Waals surface area contributed by atoms with E-state index in [1.807, 2.05) is 11.8 Å². The van der Waals surface area contributed by atoms with E-state index in [1.165, 1.54) is 26.5 Å². The summed E-state index contributed by atoms with van der Waals surface area (Å²) < 4.78 is 0. The average molecular weight is 240 g/mol. The van der Waals surface area contributed by atoms with Crippen molar-refractivity contribution < 1.29 is 0 Å². The van der Waals surface area contributed by atoms with Crippen LogP contribution in [0.2, 0.25) is 0 Å². The zero-order chi connectivity index (χ0) is 11.8. The van der Waals surface area contributed by atoms with Gasteiger partial charge in [-0.3, -0.25) is 0 Å². The second kappa shape index (κ2) is 4.23. The molecule has 1 heteroatoms. The van der Waals surface area contributed by atoms with Gasteiger partial charge in [-0.05, 0) is 42.5 Å². The maximum absolute atomic E-state index is 2.35. The lowest BCUT2D eigenvalue weighted by Crippen LogP contribution is -1.98. The van der Waals surface area contributed by atoms with Crippen LogP contribution in [0.3, 0.4) is 0 Å². The minimum atomic E-state index is 0.612. The van der Waals surface area contributed by atoms with Crippen molar-refractivity contribution in [2.75, 3.05) is 0 Å². The van der Waals surface area contributed by atoms with Crippen LogP contribution in [0.15, 0.2) is 52.3 Å². The Kier molecular flexibility index (Phi) is 2.71. The standard InChI is InChI=1S/C16H16S/c1-11-7-8-16-14(9-11)12(2)10-13-5-3-4-6-15(13)17-16/h3-9,12H,10H2,1-2H3. The molecule has 0 aliphatic carbocycles. The van der Waals surface area contributed by atoms with Gasteiger partial charge in [0.15, 0.2) is 0 Å². The van der Waals surface area contributed by atoms with E-state index in [4.69, 9.17) is 0 Å². The third-order valence-corrected chi connectivity index (χ3v) is 4.62. The lowest BCUT2D eigenvalue weighted by Gasteiger charge is -2.12. The van der Waals surface area contributed by atoms with Gasteiger partial charge in [-0.15, -0.1) is 0 Å². The third-order valence-electron chi connectivity index (χ3n) is 3.41. The zero-order valence-electron chi connectivity index (χ0n) is 10.2. The molecule has 0 saturated carbocycles. The Morgan fingerprint density at radius 2 is 1.88 bits per heavy atom. The molecule has 0 aromatic heterocycles. The van der Waals surface area contributed by atoms with E-state index in [0.29, 0.717) is 5.92 Å². The Balaban J connectivity index is 2.14. The summed E-state index contributed by atoms with van der Waals surface area (Å²) in [6, 6.07) is 15.6. The summed E-state index contributed by atoms with van der Waals surface area (Å²) in [4.78, 5) is 2.84. The van der Waals surface area contributed by atoms with Crippen molar-refractivity contribution in [1.82, 2.24) is 0 Å². The highest BCUT2D eigenvalue weighted by molar-refractivity contribution is 7.99. The molecule has 0 N–H and O–H groups in total. The maximum Gasteiger partial charge on any atom is 0.0157 e. The molecule has 17 heavy (non-hydrogen) atoms. The third kappa shape index (κ3) is 2.00. The van der Waals surface area contributed by atoms with Crippen molar-refractivity contribution in [2.24, 2.45) is 0 Å². The first-order valence-corrected chi connectivity index (χ1v) is 6.92. The Labute approximate surface area is 107 Å². The monoisotopic (exact) mass is 240 g/mol. The molecule has 0 fully saturated rings. The molecule has 0 nitrogen and oxygen atoms in total. The van der Waals surface area contributed by atoms with Gasteiger partial charge in [0.2, 0.25) is 0 Å². The molecule has 1 aliphatic rings. The molecule has 1 aliphatic heterocycles. The highest BCUT2D eigenvalue weighted by Gasteiger charge is 2.18. The molecule has 0 radical (unpaired) electrons. The Hall–Kier alpha value is -1.21. The van der Waals surface area contributed by atoms with Gasteiger partial charge in [-0.1, -0.05) is 54.6 Å². The normalized spacial score (nSPS) is 18.1. The first-order valence-electron chi connectivity index (χ1n) is 6.10. The molecule has 2 aromatic carbocycles. The minimum Gasteiger partial charge on any atom is -0.0895 e. The van der Waals surface area contributed by atoms with Crippen LogP contribution in [0.4, 0.5) is 0 Å². The topological polar surface area (TPSA) is 0 Å². The molecule has 0 amide bonds. The summed E-state index contributed by atoms with van der Waals surface area (Å²) in [7, 11) is 0. The summed E-state index contributed by atoms with van der Waals surface area (Å²) in [6.07, 6.45) is 1.15. The van der Waals surface area contributed by atoms with Crippen LogP contribution in [0.1, 0.15) is 29.5 Å². The maximum atomic E-state index is 2.35. The molecule has 0 bridgehead atoms. The highest BCUT2D eigenvalue weighted by Crippen LogP contribution is 2.41. The molecule has 1 heterocycles. The van der Waals surface area contributed by atoms with Crippen LogP contribution in [0, 0.1) is 6.92 Å². The largest absolute Gasteiger partial charge is 0.0895 e.